The molecule has 0 bridgehead atoms. The fraction of sp³-hybridized carbons (Fsp3) is 0.650. The second-order valence-corrected chi connectivity index (χ2v) is 7.03. The van der Waals surface area contributed by atoms with E-state index in [-0.39, 0.29) is 11.7 Å². The quantitative estimate of drug-likeness (QED) is 0.723. The fourth-order valence-corrected chi connectivity index (χ4v) is 3.43. The third-order valence-corrected chi connectivity index (χ3v) is 5.00. The molecule has 3 nitrogen and oxygen atoms in total. The van der Waals surface area contributed by atoms with Crippen molar-refractivity contribution in [3.63, 3.8) is 0 Å². The van der Waals surface area contributed by atoms with Crippen LogP contribution >= 0.6 is 0 Å². The van der Waals surface area contributed by atoms with E-state index in [1.54, 1.807) is 12.1 Å². The van der Waals surface area contributed by atoms with Gasteiger partial charge in [-0.3, -0.25) is 4.79 Å². The molecule has 1 heterocycles. The van der Waals surface area contributed by atoms with Crippen LogP contribution in [0.3, 0.4) is 0 Å². The van der Waals surface area contributed by atoms with Gasteiger partial charge >= 0.3 is 0 Å². The van der Waals surface area contributed by atoms with Gasteiger partial charge in [0.1, 0.15) is 5.82 Å². The van der Waals surface area contributed by atoms with Gasteiger partial charge in [0, 0.05) is 26.1 Å². The molecular weight excluding hydrogens is 303 g/mol. The van der Waals surface area contributed by atoms with Crippen LogP contribution in [-0.2, 0) is 11.2 Å². The summed E-state index contributed by atoms with van der Waals surface area (Å²) >= 11 is 0. The van der Waals surface area contributed by atoms with Gasteiger partial charge in [0.05, 0.1) is 0 Å². The number of unbranched alkanes of at least 4 members (excludes halogenated alkanes) is 1. The Labute approximate surface area is 145 Å². The molecule has 0 aromatic heterocycles. The van der Waals surface area contributed by atoms with Gasteiger partial charge in [-0.15, -0.1) is 0 Å². The van der Waals surface area contributed by atoms with E-state index in [1.807, 2.05) is 11.0 Å². The molecule has 0 saturated carbocycles. The zero-order valence-corrected chi connectivity index (χ0v) is 15.1. The number of halogens is 1. The number of carbonyl (C=O) groups is 1. The lowest BCUT2D eigenvalue weighted by Gasteiger charge is -2.34. The Morgan fingerprint density at radius 3 is 2.67 bits per heavy atom. The minimum absolute atomic E-state index is 0.163. The number of piperidine rings is 1. The van der Waals surface area contributed by atoms with Crippen molar-refractivity contribution in [2.45, 2.75) is 45.4 Å². The standard InChI is InChI=1S/C20H31FN2O/c1-3-4-13-22(2)16-17-11-14-23(15-12-17)20(24)10-9-18-7-5-6-8-19(18)21/h5-8,17H,3-4,9-16H2,1-2H3. The van der Waals surface area contributed by atoms with Crippen molar-refractivity contribution < 1.29 is 9.18 Å². The van der Waals surface area contributed by atoms with E-state index in [0.717, 1.165) is 39.0 Å². The molecule has 1 aliphatic heterocycles. The minimum atomic E-state index is -0.209. The zero-order chi connectivity index (χ0) is 17.4. The Morgan fingerprint density at radius 2 is 2.00 bits per heavy atom. The van der Waals surface area contributed by atoms with Gasteiger partial charge in [-0.1, -0.05) is 31.5 Å². The molecule has 1 amide bonds. The van der Waals surface area contributed by atoms with Crippen LogP contribution in [0.4, 0.5) is 4.39 Å². The van der Waals surface area contributed by atoms with Crippen LogP contribution in [0.15, 0.2) is 24.3 Å². The molecule has 1 aromatic carbocycles. The van der Waals surface area contributed by atoms with Gasteiger partial charge in [-0.05, 0) is 56.8 Å². The lowest BCUT2D eigenvalue weighted by atomic mass is 9.95. The summed E-state index contributed by atoms with van der Waals surface area (Å²) < 4.78 is 13.6. The third kappa shape index (κ3) is 5.90. The highest BCUT2D eigenvalue weighted by molar-refractivity contribution is 5.76. The average molecular weight is 334 g/mol. The maximum Gasteiger partial charge on any atom is 0.222 e. The first-order valence-electron chi connectivity index (χ1n) is 9.30. The van der Waals surface area contributed by atoms with Gasteiger partial charge in [0.2, 0.25) is 5.91 Å². The number of carbonyl (C=O) groups excluding carboxylic acids is 1. The molecule has 134 valence electrons. The van der Waals surface area contributed by atoms with Crippen LogP contribution in [0.25, 0.3) is 0 Å². The molecular formula is C20H31FN2O. The van der Waals surface area contributed by atoms with Crippen molar-refractivity contribution in [1.82, 2.24) is 9.80 Å². The second kappa shape index (κ2) is 9.77. The minimum Gasteiger partial charge on any atom is -0.343 e. The predicted molar refractivity (Wildman–Crippen MR) is 96.4 cm³/mol. The molecule has 1 fully saturated rings. The summed E-state index contributed by atoms with van der Waals surface area (Å²) in [5, 5.41) is 0. The van der Waals surface area contributed by atoms with Crippen molar-refractivity contribution in [2.24, 2.45) is 5.92 Å². The number of hydrogen-bond donors (Lipinski definition) is 0. The normalized spacial score (nSPS) is 15.9. The van der Waals surface area contributed by atoms with Crippen LogP contribution in [0.1, 0.15) is 44.6 Å². The summed E-state index contributed by atoms with van der Waals surface area (Å²) in [7, 11) is 2.20. The number of aryl methyl sites for hydroxylation is 1. The number of nitrogens with zero attached hydrogens (tertiary/aromatic N) is 2. The highest BCUT2D eigenvalue weighted by atomic mass is 19.1. The first-order valence-corrected chi connectivity index (χ1v) is 9.30. The summed E-state index contributed by atoms with van der Waals surface area (Å²) in [6, 6.07) is 6.73. The molecule has 1 aliphatic rings. The van der Waals surface area contributed by atoms with Gasteiger partial charge in [-0.25, -0.2) is 4.39 Å². The van der Waals surface area contributed by atoms with Crippen molar-refractivity contribution in [3.05, 3.63) is 35.6 Å². The van der Waals surface area contributed by atoms with Crippen LogP contribution in [0, 0.1) is 11.7 Å². The molecule has 0 unspecified atom stereocenters. The van der Waals surface area contributed by atoms with E-state index in [2.05, 4.69) is 18.9 Å². The molecule has 4 heteroatoms. The number of rotatable bonds is 8. The SMILES string of the molecule is CCCCN(C)CC1CCN(C(=O)CCc2ccccc2F)CC1. The molecule has 24 heavy (non-hydrogen) atoms. The van der Waals surface area contributed by atoms with Crippen molar-refractivity contribution in [2.75, 3.05) is 33.2 Å². The predicted octanol–water partition coefficient (Wildman–Crippen LogP) is 3.73. The largest absolute Gasteiger partial charge is 0.343 e. The van der Waals surface area contributed by atoms with Crippen LogP contribution in [0.2, 0.25) is 0 Å². The van der Waals surface area contributed by atoms with E-state index >= 15 is 0 Å². The Morgan fingerprint density at radius 1 is 1.29 bits per heavy atom. The maximum absolute atomic E-state index is 13.6. The summed E-state index contributed by atoms with van der Waals surface area (Å²) in [4.78, 5) is 16.7. The molecule has 0 spiro atoms. The number of benzene rings is 1. The molecule has 2 rings (SSSR count). The van der Waals surface area contributed by atoms with Gasteiger partial charge in [0.25, 0.3) is 0 Å². The van der Waals surface area contributed by atoms with Gasteiger partial charge < -0.3 is 9.80 Å². The van der Waals surface area contributed by atoms with E-state index in [9.17, 15) is 9.18 Å². The van der Waals surface area contributed by atoms with Crippen LogP contribution in [-0.4, -0.2) is 48.9 Å². The zero-order valence-electron chi connectivity index (χ0n) is 15.1. The smallest absolute Gasteiger partial charge is 0.222 e. The van der Waals surface area contributed by atoms with Crippen molar-refractivity contribution in [3.8, 4) is 0 Å². The molecule has 0 N–H and O–H groups in total. The lowest BCUT2D eigenvalue weighted by Crippen LogP contribution is -2.41. The second-order valence-electron chi connectivity index (χ2n) is 7.03. The van der Waals surface area contributed by atoms with E-state index < -0.39 is 0 Å². The van der Waals surface area contributed by atoms with Crippen LogP contribution in [0.5, 0.6) is 0 Å². The van der Waals surface area contributed by atoms with Crippen LogP contribution < -0.4 is 0 Å². The maximum atomic E-state index is 13.6. The fourth-order valence-electron chi connectivity index (χ4n) is 3.43. The first-order chi connectivity index (χ1) is 11.6. The Kier molecular flexibility index (Phi) is 7.70. The van der Waals surface area contributed by atoms with Gasteiger partial charge in [-0.2, -0.15) is 0 Å². The van der Waals surface area contributed by atoms with E-state index in [4.69, 9.17) is 0 Å². The Balaban J connectivity index is 1.70. The molecule has 1 aromatic rings. The third-order valence-electron chi connectivity index (χ3n) is 5.00. The van der Waals surface area contributed by atoms with Crippen molar-refractivity contribution in [1.29, 1.82) is 0 Å². The summed E-state index contributed by atoms with van der Waals surface area (Å²) in [6.45, 7) is 6.22. The Hall–Kier alpha value is -1.42. The Bertz CT molecular complexity index is 512. The number of likely N-dealkylation sites (tertiary alicyclic amines) is 1. The van der Waals surface area contributed by atoms with E-state index in [1.165, 1.54) is 18.9 Å². The molecule has 0 radical (unpaired) electrons. The first kappa shape index (κ1) is 18.9. The monoisotopic (exact) mass is 334 g/mol. The van der Waals surface area contributed by atoms with Crippen molar-refractivity contribution >= 4 is 5.91 Å². The highest BCUT2D eigenvalue weighted by Crippen LogP contribution is 2.19. The summed E-state index contributed by atoms with van der Waals surface area (Å²) in [5.74, 6) is 0.651. The molecule has 0 atom stereocenters. The highest BCUT2D eigenvalue weighted by Gasteiger charge is 2.23. The number of hydrogen-bond acceptors (Lipinski definition) is 2. The average Bonchev–Trinajstić information content (AvgIpc) is 2.59. The lowest BCUT2D eigenvalue weighted by molar-refractivity contribution is -0.132. The van der Waals surface area contributed by atoms with Gasteiger partial charge in [0.15, 0.2) is 0 Å². The molecule has 1 saturated heterocycles. The topological polar surface area (TPSA) is 23.6 Å². The molecule has 0 aliphatic carbocycles. The number of amides is 1. The summed E-state index contributed by atoms with van der Waals surface area (Å²) in [6.07, 6.45) is 5.56. The summed E-state index contributed by atoms with van der Waals surface area (Å²) in [5.41, 5.74) is 0.637. The van der Waals surface area contributed by atoms with E-state index in [0.29, 0.717) is 24.3 Å².